The lowest BCUT2D eigenvalue weighted by Gasteiger charge is -2.10. The Morgan fingerprint density at radius 2 is 1.61 bits per heavy atom. The minimum Gasteiger partial charge on any atom is -0.337 e. The molecule has 36 heavy (non-hydrogen) atoms. The summed E-state index contributed by atoms with van der Waals surface area (Å²) in [6.07, 6.45) is 4.77. The number of benzene rings is 3. The highest BCUT2D eigenvalue weighted by Gasteiger charge is 2.13. The van der Waals surface area contributed by atoms with E-state index in [1.807, 2.05) is 67.6 Å². The minimum atomic E-state index is -0.299. The monoisotopic (exact) mass is 473 g/mol. The van der Waals surface area contributed by atoms with E-state index in [1.54, 1.807) is 36.5 Å². The smallest absolute Gasteiger partial charge is 0.256 e. The fraction of sp³-hybridized carbons (Fsp3) is 0.0345. The molecule has 3 aromatic carbocycles. The van der Waals surface area contributed by atoms with Gasteiger partial charge in [0.1, 0.15) is 5.82 Å². The van der Waals surface area contributed by atoms with Crippen LogP contribution in [0, 0.1) is 6.92 Å². The minimum absolute atomic E-state index is 0.280. The van der Waals surface area contributed by atoms with Crippen molar-refractivity contribution in [2.24, 2.45) is 0 Å². The number of hydrogen-bond acceptors (Lipinski definition) is 4. The van der Waals surface area contributed by atoms with Gasteiger partial charge < -0.3 is 15.6 Å². The number of aryl methyl sites for hydroxylation is 1. The Morgan fingerprint density at radius 3 is 2.39 bits per heavy atom. The lowest BCUT2D eigenvalue weighted by molar-refractivity contribution is -0.111. The highest BCUT2D eigenvalue weighted by Crippen LogP contribution is 2.22. The maximum atomic E-state index is 13.1. The van der Waals surface area contributed by atoms with Crippen LogP contribution in [-0.4, -0.2) is 26.8 Å². The third-order valence-corrected chi connectivity index (χ3v) is 5.62. The second-order valence-electron chi connectivity index (χ2n) is 8.26. The van der Waals surface area contributed by atoms with Crippen molar-refractivity contribution in [3.8, 4) is 11.4 Å². The summed E-state index contributed by atoms with van der Waals surface area (Å²) >= 11 is 0. The van der Waals surface area contributed by atoms with E-state index >= 15 is 0 Å². The van der Waals surface area contributed by atoms with Crippen LogP contribution in [0.15, 0.2) is 97.2 Å². The Hall–Kier alpha value is -5.04. The van der Waals surface area contributed by atoms with Crippen molar-refractivity contribution in [3.05, 3.63) is 114 Å². The second kappa shape index (κ2) is 10.1. The van der Waals surface area contributed by atoms with E-state index in [-0.39, 0.29) is 11.8 Å². The first-order chi connectivity index (χ1) is 17.5. The summed E-state index contributed by atoms with van der Waals surface area (Å²) in [4.78, 5) is 37.6. The van der Waals surface area contributed by atoms with Gasteiger partial charge in [-0.25, -0.2) is 9.97 Å². The number of fused-ring (bicyclic) bond motifs is 1. The molecule has 2 amide bonds. The summed E-state index contributed by atoms with van der Waals surface area (Å²) in [6, 6.07) is 26.4. The van der Waals surface area contributed by atoms with Crippen LogP contribution in [0.3, 0.4) is 0 Å². The molecule has 5 aromatic rings. The number of hydrogen-bond donors (Lipinski definition) is 3. The second-order valence-corrected chi connectivity index (χ2v) is 8.26. The van der Waals surface area contributed by atoms with Gasteiger partial charge in [-0.2, -0.15) is 0 Å². The molecule has 0 saturated carbocycles. The normalized spacial score (nSPS) is 11.0. The standard InChI is InChI=1S/C29H23N5O2/c1-19-12-14-22(31-26(35)15-13-20-8-4-2-5-9-20)16-24(19)29(36)32-23-17-25-28(30-18-23)34-27(33-25)21-10-6-3-7-11-21/h2-18H,1H3,(H,31,35)(H,32,36)(H,30,33,34). The third kappa shape index (κ3) is 5.20. The summed E-state index contributed by atoms with van der Waals surface area (Å²) in [6.45, 7) is 1.85. The van der Waals surface area contributed by atoms with Crippen molar-refractivity contribution in [2.75, 3.05) is 10.6 Å². The number of anilines is 2. The first kappa shape index (κ1) is 22.7. The van der Waals surface area contributed by atoms with Crippen LogP contribution in [0.5, 0.6) is 0 Å². The van der Waals surface area contributed by atoms with Crippen LogP contribution in [0.25, 0.3) is 28.6 Å². The predicted molar refractivity (Wildman–Crippen MR) is 143 cm³/mol. The number of rotatable bonds is 6. The molecule has 3 N–H and O–H groups in total. The molecule has 0 aliphatic rings. The first-order valence-electron chi connectivity index (χ1n) is 11.4. The zero-order valence-corrected chi connectivity index (χ0v) is 19.5. The molecule has 0 bridgehead atoms. The molecule has 0 atom stereocenters. The Balaban J connectivity index is 1.30. The number of H-pyrrole nitrogens is 1. The zero-order valence-electron chi connectivity index (χ0n) is 19.5. The SMILES string of the molecule is Cc1ccc(NC(=O)C=Cc2ccccc2)cc1C(=O)Nc1cnc2nc(-c3ccccc3)[nH]c2c1. The summed E-state index contributed by atoms with van der Waals surface area (Å²) < 4.78 is 0. The number of aromatic nitrogens is 3. The number of carbonyl (C=O) groups excluding carboxylic acids is 2. The molecule has 0 radical (unpaired) electrons. The van der Waals surface area contributed by atoms with Gasteiger partial charge in [0.15, 0.2) is 5.65 Å². The molecule has 2 heterocycles. The topological polar surface area (TPSA) is 99.8 Å². The van der Waals surface area contributed by atoms with Crippen LogP contribution in [0.2, 0.25) is 0 Å². The van der Waals surface area contributed by atoms with Gasteiger partial charge in [-0.3, -0.25) is 9.59 Å². The number of carbonyl (C=O) groups is 2. The molecule has 7 heteroatoms. The van der Waals surface area contributed by atoms with Crippen molar-refractivity contribution in [2.45, 2.75) is 6.92 Å². The lowest BCUT2D eigenvalue weighted by Crippen LogP contribution is -2.15. The van der Waals surface area contributed by atoms with Gasteiger partial charge in [-0.1, -0.05) is 66.7 Å². The van der Waals surface area contributed by atoms with Crippen molar-refractivity contribution < 1.29 is 9.59 Å². The number of nitrogens with zero attached hydrogens (tertiary/aromatic N) is 2. The number of aromatic amines is 1. The van der Waals surface area contributed by atoms with E-state index in [0.29, 0.717) is 28.4 Å². The molecule has 7 nitrogen and oxygen atoms in total. The Labute approximate surface area is 207 Å². The van der Waals surface area contributed by atoms with Gasteiger partial charge in [0.2, 0.25) is 5.91 Å². The van der Waals surface area contributed by atoms with Crippen LogP contribution in [0.1, 0.15) is 21.5 Å². The van der Waals surface area contributed by atoms with Crippen molar-refractivity contribution in [3.63, 3.8) is 0 Å². The largest absolute Gasteiger partial charge is 0.337 e. The highest BCUT2D eigenvalue weighted by atomic mass is 16.2. The summed E-state index contributed by atoms with van der Waals surface area (Å²) in [5, 5.41) is 5.70. The first-order valence-corrected chi connectivity index (χ1v) is 11.4. The predicted octanol–water partition coefficient (Wildman–Crippen LogP) is 5.84. The number of imidazole rings is 1. The van der Waals surface area contributed by atoms with Crippen LogP contribution in [-0.2, 0) is 4.79 Å². The quantitative estimate of drug-likeness (QED) is 0.270. The molecule has 0 spiro atoms. The molecule has 0 saturated heterocycles. The van der Waals surface area contributed by atoms with Crippen molar-refractivity contribution in [1.29, 1.82) is 0 Å². The number of nitrogens with one attached hydrogen (secondary N) is 3. The van der Waals surface area contributed by atoms with Crippen LogP contribution >= 0.6 is 0 Å². The molecule has 0 fully saturated rings. The van der Waals surface area contributed by atoms with E-state index < -0.39 is 0 Å². The van der Waals surface area contributed by atoms with Crippen LogP contribution in [0.4, 0.5) is 11.4 Å². The van der Waals surface area contributed by atoms with Gasteiger partial charge in [0.25, 0.3) is 5.91 Å². The van der Waals surface area contributed by atoms with E-state index in [1.165, 1.54) is 6.08 Å². The maximum Gasteiger partial charge on any atom is 0.256 e. The van der Waals surface area contributed by atoms with Gasteiger partial charge in [-0.05, 0) is 42.3 Å². The van der Waals surface area contributed by atoms with Crippen molar-refractivity contribution >= 4 is 40.4 Å². The summed E-state index contributed by atoms with van der Waals surface area (Å²) in [7, 11) is 0. The maximum absolute atomic E-state index is 13.1. The molecule has 176 valence electrons. The van der Waals surface area contributed by atoms with Crippen molar-refractivity contribution in [1.82, 2.24) is 15.0 Å². The van der Waals surface area contributed by atoms with Gasteiger partial charge in [-0.15, -0.1) is 0 Å². The zero-order chi connectivity index (χ0) is 24.9. The lowest BCUT2D eigenvalue weighted by atomic mass is 10.1. The molecule has 0 unspecified atom stereocenters. The van der Waals surface area contributed by atoms with Crippen LogP contribution < -0.4 is 10.6 Å². The molecule has 2 aromatic heterocycles. The molecule has 0 aliphatic heterocycles. The highest BCUT2D eigenvalue weighted by molar-refractivity contribution is 6.07. The molecular formula is C29H23N5O2. The van der Waals surface area contributed by atoms with E-state index in [9.17, 15) is 9.59 Å². The summed E-state index contributed by atoms with van der Waals surface area (Å²) in [5.41, 5.74) is 5.47. The van der Waals surface area contributed by atoms with Gasteiger partial charge >= 0.3 is 0 Å². The van der Waals surface area contributed by atoms with E-state index in [2.05, 4.69) is 25.6 Å². The fourth-order valence-corrected chi connectivity index (χ4v) is 3.76. The Bertz CT molecular complexity index is 1570. The van der Waals surface area contributed by atoms with Gasteiger partial charge in [0.05, 0.1) is 17.4 Å². The summed E-state index contributed by atoms with van der Waals surface area (Å²) in [5.74, 6) is 0.131. The molecule has 5 rings (SSSR count). The average Bonchev–Trinajstić information content (AvgIpc) is 3.33. The molecular weight excluding hydrogens is 450 g/mol. The number of amides is 2. The van der Waals surface area contributed by atoms with Gasteiger partial charge in [0, 0.05) is 22.9 Å². The Morgan fingerprint density at radius 1 is 0.861 bits per heavy atom. The fourth-order valence-electron chi connectivity index (χ4n) is 3.76. The average molecular weight is 474 g/mol. The molecule has 0 aliphatic carbocycles. The number of pyridine rings is 1. The van der Waals surface area contributed by atoms with E-state index in [0.717, 1.165) is 22.2 Å². The third-order valence-electron chi connectivity index (χ3n) is 5.62. The Kier molecular flexibility index (Phi) is 6.36. The van der Waals surface area contributed by atoms with E-state index in [4.69, 9.17) is 0 Å².